The molecule has 1 fully saturated rings. The molecule has 0 unspecified atom stereocenters. The molecule has 0 spiro atoms. The van der Waals surface area contributed by atoms with Crippen molar-refractivity contribution in [3.8, 4) is 0 Å². The second-order valence-electron chi connectivity index (χ2n) is 4.41. The molecule has 0 bridgehead atoms. The van der Waals surface area contributed by atoms with Crippen molar-refractivity contribution >= 4 is 51.3 Å². The third-order valence-electron chi connectivity index (χ3n) is 3.09. The van der Waals surface area contributed by atoms with Gasteiger partial charge in [-0.15, -0.1) is 35.3 Å². The van der Waals surface area contributed by atoms with Gasteiger partial charge in [0.15, 0.2) is 5.96 Å². The number of halogens is 1. The first kappa shape index (κ1) is 19.6. The molecule has 0 aromatic carbocycles. The average molecular weight is 460 g/mol. The summed E-state index contributed by atoms with van der Waals surface area (Å²) < 4.78 is 32.0. The molecule has 0 saturated carbocycles. The van der Waals surface area contributed by atoms with Gasteiger partial charge in [-0.2, -0.15) is 4.31 Å². The average Bonchev–Trinajstić information content (AvgIpc) is 2.99. The van der Waals surface area contributed by atoms with Crippen LogP contribution in [0.1, 0.15) is 4.88 Å². The Hall–Kier alpha value is -0.430. The maximum Gasteiger partial charge on any atom is 0.252 e. The lowest BCUT2D eigenvalue weighted by molar-refractivity contribution is 0.0731. The number of nitrogens with zero attached hydrogens (tertiary/aromatic N) is 2. The Labute approximate surface area is 152 Å². The first-order chi connectivity index (χ1) is 10.1. The molecule has 0 aliphatic carbocycles. The topological polar surface area (TPSA) is 83.0 Å². The van der Waals surface area contributed by atoms with Crippen LogP contribution in [0.4, 0.5) is 0 Å². The summed E-state index contributed by atoms with van der Waals surface area (Å²) in [5.74, 6) is 0.668. The zero-order chi connectivity index (χ0) is 15.3. The Balaban J connectivity index is 0.00000242. The number of hydrogen-bond donors (Lipinski definition) is 2. The molecule has 0 amide bonds. The quantitative estimate of drug-likeness (QED) is 0.393. The maximum absolute atomic E-state index is 12.5. The van der Waals surface area contributed by atoms with Gasteiger partial charge in [-0.1, -0.05) is 0 Å². The van der Waals surface area contributed by atoms with Crippen LogP contribution in [0.3, 0.4) is 0 Å². The molecule has 2 heterocycles. The zero-order valence-electron chi connectivity index (χ0n) is 12.5. The second kappa shape index (κ2) is 9.01. The Bertz CT molecular complexity index is 597. The zero-order valence-corrected chi connectivity index (χ0v) is 16.5. The summed E-state index contributed by atoms with van der Waals surface area (Å²) in [7, 11) is 0.0653. The molecule has 126 valence electrons. The van der Waals surface area contributed by atoms with Crippen molar-refractivity contribution in [1.82, 2.24) is 14.9 Å². The van der Waals surface area contributed by atoms with Crippen molar-refractivity contribution in [2.75, 3.05) is 40.4 Å². The number of rotatable bonds is 4. The van der Waals surface area contributed by atoms with Gasteiger partial charge in [0, 0.05) is 32.1 Å². The molecule has 2 rings (SSSR count). The van der Waals surface area contributed by atoms with E-state index in [0.717, 1.165) is 4.88 Å². The smallest absolute Gasteiger partial charge is 0.252 e. The van der Waals surface area contributed by atoms with Crippen LogP contribution in [0.2, 0.25) is 0 Å². The fraction of sp³-hybridized carbons (Fsp3) is 0.583. The summed E-state index contributed by atoms with van der Waals surface area (Å²) in [5, 5.41) is 6.01. The highest BCUT2D eigenvalue weighted by Crippen LogP contribution is 2.25. The second-order valence-corrected chi connectivity index (χ2v) is 7.75. The predicted molar refractivity (Wildman–Crippen MR) is 98.6 cm³/mol. The van der Waals surface area contributed by atoms with E-state index in [1.807, 2.05) is 6.07 Å². The third-order valence-corrected chi connectivity index (χ3v) is 6.54. The Morgan fingerprint density at radius 3 is 2.68 bits per heavy atom. The SMILES string of the molecule is CN=C(NC)NCc1ccc(S(=O)(=O)N2CCOCC2)s1.I. The van der Waals surface area contributed by atoms with Crippen molar-refractivity contribution in [3.63, 3.8) is 0 Å². The number of aliphatic imine (C=N–C) groups is 1. The van der Waals surface area contributed by atoms with Gasteiger partial charge in [0.25, 0.3) is 10.0 Å². The van der Waals surface area contributed by atoms with Crippen LogP contribution in [0.5, 0.6) is 0 Å². The fourth-order valence-electron chi connectivity index (χ4n) is 1.96. The van der Waals surface area contributed by atoms with Gasteiger partial charge < -0.3 is 15.4 Å². The van der Waals surface area contributed by atoms with Gasteiger partial charge in [0.05, 0.1) is 19.8 Å². The van der Waals surface area contributed by atoms with E-state index in [4.69, 9.17) is 4.74 Å². The van der Waals surface area contributed by atoms with Gasteiger partial charge in [0.1, 0.15) is 4.21 Å². The van der Waals surface area contributed by atoms with Crippen LogP contribution in [0.25, 0.3) is 0 Å². The lowest BCUT2D eigenvalue weighted by atomic mass is 10.5. The maximum atomic E-state index is 12.5. The minimum atomic E-state index is -3.39. The standard InChI is InChI=1S/C12H20N4O3S2.HI/c1-13-12(14-2)15-9-10-3-4-11(20-10)21(17,18)16-5-7-19-8-6-16;/h3-4H,5-9H2,1-2H3,(H2,13,14,15);1H. The highest BCUT2D eigenvalue weighted by molar-refractivity contribution is 14.0. The van der Waals surface area contributed by atoms with Crippen molar-refractivity contribution < 1.29 is 13.2 Å². The fourth-order valence-corrected chi connectivity index (χ4v) is 4.81. The van der Waals surface area contributed by atoms with Crippen LogP contribution < -0.4 is 10.6 Å². The molecule has 1 aromatic heterocycles. The number of morpholine rings is 1. The Morgan fingerprint density at radius 1 is 1.41 bits per heavy atom. The van der Waals surface area contributed by atoms with E-state index in [2.05, 4.69) is 15.6 Å². The third kappa shape index (κ3) is 4.78. The minimum Gasteiger partial charge on any atom is -0.379 e. The molecule has 22 heavy (non-hydrogen) atoms. The first-order valence-corrected chi connectivity index (χ1v) is 8.88. The molecule has 0 atom stereocenters. The summed E-state index contributed by atoms with van der Waals surface area (Å²) in [6.45, 7) is 2.28. The van der Waals surface area contributed by atoms with E-state index in [-0.39, 0.29) is 24.0 Å². The van der Waals surface area contributed by atoms with Crippen molar-refractivity contribution in [3.05, 3.63) is 17.0 Å². The molecule has 1 aromatic rings. The van der Waals surface area contributed by atoms with Crippen molar-refractivity contribution in [2.45, 2.75) is 10.8 Å². The number of thiophene rings is 1. The van der Waals surface area contributed by atoms with Crippen molar-refractivity contribution in [2.24, 2.45) is 4.99 Å². The molecule has 1 aliphatic heterocycles. The summed E-state index contributed by atoms with van der Waals surface area (Å²) in [5.41, 5.74) is 0. The predicted octanol–water partition coefficient (Wildman–Crippen LogP) is 0.682. The molecule has 7 nitrogen and oxygen atoms in total. The highest BCUT2D eigenvalue weighted by Gasteiger charge is 2.27. The van der Waals surface area contributed by atoms with E-state index in [9.17, 15) is 8.42 Å². The van der Waals surface area contributed by atoms with Gasteiger partial charge in [-0.3, -0.25) is 4.99 Å². The molecular formula is C12H21IN4O3S2. The molecule has 2 N–H and O–H groups in total. The largest absolute Gasteiger partial charge is 0.379 e. The highest BCUT2D eigenvalue weighted by atomic mass is 127. The molecule has 0 radical (unpaired) electrons. The molecule has 1 saturated heterocycles. The van der Waals surface area contributed by atoms with E-state index >= 15 is 0 Å². The lowest BCUT2D eigenvalue weighted by Crippen LogP contribution is -2.40. The van der Waals surface area contributed by atoms with Crippen LogP contribution in [-0.4, -0.2) is 59.1 Å². The Morgan fingerprint density at radius 2 is 2.09 bits per heavy atom. The monoisotopic (exact) mass is 460 g/mol. The number of guanidine groups is 1. The minimum absolute atomic E-state index is 0. The molecule has 10 heteroatoms. The van der Waals surface area contributed by atoms with E-state index in [1.54, 1.807) is 20.2 Å². The van der Waals surface area contributed by atoms with Gasteiger partial charge in [-0.05, 0) is 12.1 Å². The van der Waals surface area contributed by atoms with Crippen LogP contribution in [0, 0.1) is 0 Å². The normalized spacial score (nSPS) is 16.9. The lowest BCUT2D eigenvalue weighted by Gasteiger charge is -2.25. The number of hydrogen-bond acceptors (Lipinski definition) is 5. The first-order valence-electron chi connectivity index (χ1n) is 6.63. The van der Waals surface area contributed by atoms with Gasteiger partial charge in [0.2, 0.25) is 0 Å². The summed E-state index contributed by atoms with van der Waals surface area (Å²) in [6, 6.07) is 3.49. The number of nitrogens with one attached hydrogen (secondary N) is 2. The molecule has 1 aliphatic rings. The number of sulfonamides is 1. The molecular weight excluding hydrogens is 439 g/mol. The van der Waals surface area contributed by atoms with Crippen LogP contribution in [0.15, 0.2) is 21.3 Å². The number of ether oxygens (including phenoxy) is 1. The van der Waals surface area contributed by atoms with E-state index in [0.29, 0.717) is 43.0 Å². The van der Waals surface area contributed by atoms with E-state index in [1.165, 1.54) is 15.6 Å². The summed E-state index contributed by atoms with van der Waals surface area (Å²) in [6.07, 6.45) is 0. The van der Waals surface area contributed by atoms with Crippen LogP contribution >= 0.6 is 35.3 Å². The van der Waals surface area contributed by atoms with Gasteiger partial charge >= 0.3 is 0 Å². The van der Waals surface area contributed by atoms with Crippen molar-refractivity contribution in [1.29, 1.82) is 0 Å². The summed E-state index contributed by atoms with van der Waals surface area (Å²) >= 11 is 1.28. The Kier molecular flexibility index (Phi) is 8.03. The van der Waals surface area contributed by atoms with E-state index < -0.39 is 10.0 Å². The van der Waals surface area contributed by atoms with Gasteiger partial charge in [-0.25, -0.2) is 8.42 Å². The summed E-state index contributed by atoms with van der Waals surface area (Å²) in [4.78, 5) is 4.95. The van der Waals surface area contributed by atoms with Crippen LogP contribution in [-0.2, 0) is 21.3 Å².